The lowest BCUT2D eigenvalue weighted by Crippen LogP contribution is -2.61. The zero-order valence-corrected chi connectivity index (χ0v) is 8.80. The van der Waals surface area contributed by atoms with Gasteiger partial charge in [0.05, 0.1) is 13.2 Å². The summed E-state index contributed by atoms with van der Waals surface area (Å²) in [5.41, 5.74) is -0.498. The highest BCUT2D eigenvalue weighted by atomic mass is 16.5. The third kappa shape index (κ3) is 2.08. The molecule has 1 rings (SSSR count). The molecule has 0 amide bonds. The van der Waals surface area contributed by atoms with Crippen molar-refractivity contribution in [2.24, 2.45) is 5.92 Å². The van der Waals surface area contributed by atoms with Crippen LogP contribution in [-0.4, -0.2) is 24.7 Å². The molecule has 0 aliphatic heterocycles. The molecule has 1 aliphatic carbocycles. The summed E-state index contributed by atoms with van der Waals surface area (Å²) in [6.07, 6.45) is 6.81. The highest BCUT2D eigenvalue weighted by Crippen LogP contribution is 2.38. The van der Waals surface area contributed by atoms with Crippen LogP contribution >= 0.6 is 0 Å². The van der Waals surface area contributed by atoms with Gasteiger partial charge in [-0.3, -0.25) is 10.1 Å². The molecule has 1 saturated carbocycles. The van der Waals surface area contributed by atoms with Gasteiger partial charge in [-0.1, -0.05) is 12.8 Å². The molecule has 0 spiro atoms. The van der Waals surface area contributed by atoms with E-state index in [2.05, 4.69) is 18.2 Å². The van der Waals surface area contributed by atoms with Gasteiger partial charge in [-0.2, -0.15) is 0 Å². The summed E-state index contributed by atoms with van der Waals surface area (Å²) in [6, 6.07) is 0. The van der Waals surface area contributed by atoms with Gasteiger partial charge in [-0.25, -0.2) is 0 Å². The van der Waals surface area contributed by atoms with Crippen molar-refractivity contribution in [1.29, 1.82) is 0 Å². The Labute approximate surface area is 85.2 Å². The number of carbonyl (C=O) groups excluding carboxylic acids is 1. The second-order valence-electron chi connectivity index (χ2n) is 3.87. The van der Waals surface area contributed by atoms with E-state index in [1.807, 2.05) is 6.92 Å². The Hall–Kier alpha value is -1.01. The number of hydrogen-bond donors (Lipinski definition) is 1. The van der Waals surface area contributed by atoms with E-state index in [1.54, 1.807) is 0 Å². The van der Waals surface area contributed by atoms with Gasteiger partial charge in [0.1, 0.15) is 5.54 Å². The molecule has 0 unspecified atom stereocenters. The Morgan fingerprint density at radius 1 is 1.71 bits per heavy atom. The van der Waals surface area contributed by atoms with Crippen LogP contribution in [0.15, 0.2) is 0 Å². The summed E-state index contributed by atoms with van der Waals surface area (Å²) < 4.78 is 5.02. The van der Waals surface area contributed by atoms with Gasteiger partial charge in [-0.05, 0) is 25.7 Å². The van der Waals surface area contributed by atoms with E-state index in [-0.39, 0.29) is 5.97 Å². The van der Waals surface area contributed by atoms with E-state index in [1.165, 1.54) is 0 Å². The van der Waals surface area contributed by atoms with E-state index in [9.17, 15) is 4.79 Å². The molecule has 1 fully saturated rings. The van der Waals surface area contributed by atoms with Gasteiger partial charge in [0.2, 0.25) is 0 Å². The molecule has 0 aromatic carbocycles. The quantitative estimate of drug-likeness (QED) is 0.536. The highest BCUT2D eigenvalue weighted by Gasteiger charge is 2.49. The molecular formula is C11H17NO2. The first-order valence-electron chi connectivity index (χ1n) is 5.00. The number of terminal acetylenes is 1. The lowest BCUT2D eigenvalue weighted by molar-refractivity contribution is -0.157. The predicted octanol–water partition coefficient (Wildman–Crippen LogP) is 0.941. The van der Waals surface area contributed by atoms with Crippen molar-refractivity contribution in [3.8, 4) is 12.3 Å². The third-order valence-electron chi connectivity index (χ3n) is 2.59. The Balaban J connectivity index is 2.55. The molecule has 0 aromatic heterocycles. The molecule has 1 aliphatic rings. The molecule has 0 aromatic rings. The highest BCUT2D eigenvalue weighted by molar-refractivity contribution is 5.82. The van der Waals surface area contributed by atoms with Crippen LogP contribution < -0.4 is 5.32 Å². The van der Waals surface area contributed by atoms with E-state index in [4.69, 9.17) is 11.2 Å². The summed E-state index contributed by atoms with van der Waals surface area (Å²) in [6.45, 7) is 4.78. The Bertz CT molecular complexity index is 249. The first-order chi connectivity index (χ1) is 6.64. The van der Waals surface area contributed by atoms with Crippen LogP contribution in [0.25, 0.3) is 0 Å². The first kappa shape index (κ1) is 11.1. The maximum absolute atomic E-state index is 11.6. The SMILES string of the molecule is C#CCNC1(C(=O)OCC)CC(C)C1. The molecular weight excluding hydrogens is 178 g/mol. The van der Waals surface area contributed by atoms with Gasteiger partial charge >= 0.3 is 5.97 Å². The second-order valence-corrected chi connectivity index (χ2v) is 3.87. The number of esters is 1. The van der Waals surface area contributed by atoms with E-state index < -0.39 is 5.54 Å². The number of ether oxygens (including phenoxy) is 1. The Morgan fingerprint density at radius 3 is 2.79 bits per heavy atom. The standard InChI is InChI=1S/C11H17NO2/c1-4-6-12-11(7-9(3)8-11)10(13)14-5-2/h1,9,12H,5-8H2,2-3H3. The fraction of sp³-hybridized carbons (Fsp3) is 0.727. The number of carbonyl (C=O) groups is 1. The Kier molecular flexibility index (Phi) is 3.54. The van der Waals surface area contributed by atoms with Crippen LogP contribution in [0.5, 0.6) is 0 Å². The van der Waals surface area contributed by atoms with Crippen molar-refractivity contribution in [1.82, 2.24) is 5.32 Å². The van der Waals surface area contributed by atoms with Crippen molar-refractivity contribution in [3.05, 3.63) is 0 Å². The summed E-state index contributed by atoms with van der Waals surface area (Å²) in [4.78, 5) is 11.6. The van der Waals surface area contributed by atoms with Gasteiger partial charge in [0.25, 0.3) is 0 Å². The average molecular weight is 195 g/mol. The summed E-state index contributed by atoms with van der Waals surface area (Å²) in [5, 5.41) is 3.09. The van der Waals surface area contributed by atoms with Gasteiger partial charge in [-0.15, -0.1) is 6.42 Å². The lowest BCUT2D eigenvalue weighted by atomic mass is 9.69. The van der Waals surface area contributed by atoms with Crippen LogP contribution in [0.1, 0.15) is 26.7 Å². The molecule has 3 nitrogen and oxygen atoms in total. The van der Waals surface area contributed by atoms with Gasteiger partial charge < -0.3 is 4.74 Å². The molecule has 0 heterocycles. The van der Waals surface area contributed by atoms with Crippen molar-refractivity contribution < 1.29 is 9.53 Å². The largest absolute Gasteiger partial charge is 0.465 e. The summed E-state index contributed by atoms with van der Waals surface area (Å²) >= 11 is 0. The first-order valence-corrected chi connectivity index (χ1v) is 5.00. The fourth-order valence-electron chi connectivity index (χ4n) is 2.00. The second kappa shape index (κ2) is 4.47. The van der Waals surface area contributed by atoms with Crippen LogP contribution in [-0.2, 0) is 9.53 Å². The molecule has 0 radical (unpaired) electrons. The molecule has 0 saturated heterocycles. The summed E-state index contributed by atoms with van der Waals surface area (Å²) in [7, 11) is 0. The smallest absolute Gasteiger partial charge is 0.326 e. The zero-order chi connectivity index (χ0) is 10.6. The molecule has 0 atom stereocenters. The molecule has 78 valence electrons. The molecule has 1 N–H and O–H groups in total. The van der Waals surface area contributed by atoms with Crippen LogP contribution in [0.2, 0.25) is 0 Å². The Morgan fingerprint density at radius 2 is 2.36 bits per heavy atom. The van der Waals surface area contributed by atoms with Gasteiger partial charge in [0, 0.05) is 0 Å². The van der Waals surface area contributed by atoms with Crippen LogP contribution in [0.3, 0.4) is 0 Å². The minimum atomic E-state index is -0.498. The maximum Gasteiger partial charge on any atom is 0.326 e. The average Bonchev–Trinajstić information content (AvgIpc) is 2.10. The predicted molar refractivity (Wildman–Crippen MR) is 54.6 cm³/mol. The van der Waals surface area contributed by atoms with Crippen molar-refractivity contribution in [2.45, 2.75) is 32.2 Å². The van der Waals surface area contributed by atoms with Crippen LogP contribution in [0.4, 0.5) is 0 Å². The minimum Gasteiger partial charge on any atom is -0.465 e. The fourth-order valence-corrected chi connectivity index (χ4v) is 2.00. The van der Waals surface area contributed by atoms with E-state index >= 15 is 0 Å². The monoisotopic (exact) mass is 195 g/mol. The topological polar surface area (TPSA) is 38.3 Å². The molecule has 14 heavy (non-hydrogen) atoms. The summed E-state index contributed by atoms with van der Waals surface area (Å²) in [5.74, 6) is 2.90. The van der Waals surface area contributed by atoms with E-state index in [0.29, 0.717) is 19.1 Å². The van der Waals surface area contributed by atoms with E-state index in [0.717, 1.165) is 12.8 Å². The molecule has 3 heteroatoms. The minimum absolute atomic E-state index is 0.159. The van der Waals surface area contributed by atoms with Crippen molar-refractivity contribution in [2.75, 3.05) is 13.2 Å². The normalized spacial score (nSPS) is 30.2. The molecule has 0 bridgehead atoms. The maximum atomic E-state index is 11.6. The number of nitrogens with one attached hydrogen (secondary N) is 1. The van der Waals surface area contributed by atoms with Crippen molar-refractivity contribution >= 4 is 5.97 Å². The lowest BCUT2D eigenvalue weighted by Gasteiger charge is -2.44. The number of hydrogen-bond acceptors (Lipinski definition) is 3. The zero-order valence-electron chi connectivity index (χ0n) is 8.80. The number of rotatable bonds is 4. The van der Waals surface area contributed by atoms with Gasteiger partial charge in [0.15, 0.2) is 0 Å². The van der Waals surface area contributed by atoms with Crippen LogP contribution in [0, 0.1) is 18.3 Å². The van der Waals surface area contributed by atoms with Crippen molar-refractivity contribution in [3.63, 3.8) is 0 Å². The third-order valence-corrected chi connectivity index (χ3v) is 2.59.